The fourth-order valence-electron chi connectivity index (χ4n) is 3.15. The van der Waals surface area contributed by atoms with Gasteiger partial charge in [0.1, 0.15) is 11.9 Å². The van der Waals surface area contributed by atoms with E-state index in [1.54, 1.807) is 0 Å². The van der Waals surface area contributed by atoms with Crippen molar-refractivity contribution in [2.24, 2.45) is 5.92 Å². The highest BCUT2D eigenvalue weighted by atomic mass is 15.2. The van der Waals surface area contributed by atoms with E-state index in [0.717, 1.165) is 29.7 Å². The van der Waals surface area contributed by atoms with Crippen LogP contribution in [0.5, 0.6) is 0 Å². The van der Waals surface area contributed by atoms with E-state index < -0.39 is 0 Å². The summed E-state index contributed by atoms with van der Waals surface area (Å²) in [6.45, 7) is 7.31. The molecule has 20 heavy (non-hydrogen) atoms. The average molecular weight is 270 g/mol. The number of nitrogens with one attached hydrogen (secondary N) is 1. The van der Waals surface area contributed by atoms with Crippen LogP contribution in [0.4, 0.5) is 5.82 Å². The summed E-state index contributed by atoms with van der Waals surface area (Å²) < 4.78 is 0. The van der Waals surface area contributed by atoms with Gasteiger partial charge in [-0.25, -0.2) is 4.98 Å². The van der Waals surface area contributed by atoms with Gasteiger partial charge in [0.15, 0.2) is 0 Å². The van der Waals surface area contributed by atoms with Crippen LogP contribution in [0.1, 0.15) is 36.1 Å². The highest BCUT2D eigenvalue weighted by Gasteiger charge is 2.34. The zero-order chi connectivity index (χ0) is 14.1. The van der Waals surface area contributed by atoms with Crippen LogP contribution in [0.25, 0.3) is 0 Å². The summed E-state index contributed by atoms with van der Waals surface area (Å²) in [6, 6.07) is 5.10. The van der Waals surface area contributed by atoms with Crippen molar-refractivity contribution in [1.29, 1.82) is 5.26 Å². The number of hydrogen-bond donors (Lipinski definition) is 1. The minimum absolute atomic E-state index is 0.685. The molecule has 0 bridgehead atoms. The number of nitriles is 1. The Morgan fingerprint density at radius 2 is 2.20 bits per heavy atom. The Balaban J connectivity index is 1.62. The van der Waals surface area contributed by atoms with Crippen molar-refractivity contribution in [2.75, 3.05) is 25.0 Å². The average Bonchev–Trinajstić information content (AvgIpc) is 3.15. The van der Waals surface area contributed by atoms with Crippen LogP contribution in [0.3, 0.4) is 0 Å². The molecule has 1 saturated carbocycles. The van der Waals surface area contributed by atoms with Crippen molar-refractivity contribution >= 4 is 5.82 Å². The van der Waals surface area contributed by atoms with E-state index in [1.165, 1.54) is 32.4 Å². The lowest BCUT2D eigenvalue weighted by Crippen LogP contribution is -2.25. The Bertz CT molecular complexity index is 542. The highest BCUT2D eigenvalue weighted by molar-refractivity contribution is 5.56. The molecular formula is C16H22N4. The van der Waals surface area contributed by atoms with Gasteiger partial charge in [-0.3, -0.25) is 0 Å². The molecule has 0 spiro atoms. The third-order valence-corrected chi connectivity index (χ3v) is 4.40. The molecule has 1 aliphatic carbocycles. The molecule has 1 saturated heterocycles. The lowest BCUT2D eigenvalue weighted by atomic mass is 10.1. The maximum absolute atomic E-state index is 9.27. The molecule has 4 nitrogen and oxygen atoms in total. The SMILES string of the molecule is Cc1cc(C)c(C#N)c(NCC2CCN(C3CC3)C2)n1. The monoisotopic (exact) mass is 270 g/mol. The van der Waals surface area contributed by atoms with Gasteiger partial charge in [0, 0.05) is 24.8 Å². The topological polar surface area (TPSA) is 52.0 Å². The van der Waals surface area contributed by atoms with Crippen molar-refractivity contribution in [3.63, 3.8) is 0 Å². The molecule has 1 atom stereocenters. The van der Waals surface area contributed by atoms with Gasteiger partial charge >= 0.3 is 0 Å². The quantitative estimate of drug-likeness (QED) is 0.913. The second-order valence-electron chi connectivity index (χ2n) is 6.18. The lowest BCUT2D eigenvalue weighted by molar-refractivity contribution is 0.316. The second-order valence-corrected chi connectivity index (χ2v) is 6.18. The molecule has 1 aromatic rings. The number of likely N-dealkylation sites (tertiary alicyclic amines) is 1. The fraction of sp³-hybridized carbons (Fsp3) is 0.625. The minimum atomic E-state index is 0.685. The van der Waals surface area contributed by atoms with E-state index >= 15 is 0 Å². The Morgan fingerprint density at radius 1 is 1.40 bits per heavy atom. The molecule has 1 aromatic heterocycles. The number of aryl methyl sites for hydroxylation is 2. The van der Waals surface area contributed by atoms with Gasteiger partial charge in [0.25, 0.3) is 0 Å². The molecule has 3 rings (SSSR count). The molecule has 0 aromatic carbocycles. The molecule has 0 amide bonds. The summed E-state index contributed by atoms with van der Waals surface area (Å²) in [4.78, 5) is 7.10. The molecular weight excluding hydrogens is 248 g/mol. The Labute approximate surface area is 120 Å². The first-order valence-corrected chi connectivity index (χ1v) is 7.53. The molecule has 0 radical (unpaired) electrons. The highest BCUT2D eigenvalue weighted by Crippen LogP contribution is 2.31. The molecule has 2 aliphatic rings. The maximum Gasteiger partial charge on any atom is 0.144 e. The minimum Gasteiger partial charge on any atom is -0.369 e. The van der Waals surface area contributed by atoms with Gasteiger partial charge in [0.05, 0.1) is 5.56 Å². The first-order valence-electron chi connectivity index (χ1n) is 7.53. The summed E-state index contributed by atoms with van der Waals surface area (Å²) >= 11 is 0. The number of pyridine rings is 1. The molecule has 4 heteroatoms. The van der Waals surface area contributed by atoms with Gasteiger partial charge in [-0.1, -0.05) is 0 Å². The zero-order valence-electron chi connectivity index (χ0n) is 12.3. The number of hydrogen-bond acceptors (Lipinski definition) is 4. The van der Waals surface area contributed by atoms with Crippen LogP contribution in [0.2, 0.25) is 0 Å². The van der Waals surface area contributed by atoms with Crippen LogP contribution in [-0.2, 0) is 0 Å². The van der Waals surface area contributed by atoms with Crippen LogP contribution >= 0.6 is 0 Å². The van der Waals surface area contributed by atoms with Gasteiger partial charge < -0.3 is 10.2 Å². The van der Waals surface area contributed by atoms with Crippen LogP contribution in [0, 0.1) is 31.1 Å². The summed E-state index contributed by atoms with van der Waals surface area (Å²) in [5.74, 6) is 1.44. The summed E-state index contributed by atoms with van der Waals surface area (Å²) in [6.07, 6.45) is 4.03. The van der Waals surface area contributed by atoms with Crippen LogP contribution in [-0.4, -0.2) is 35.6 Å². The zero-order valence-corrected chi connectivity index (χ0v) is 12.3. The predicted molar refractivity (Wildman–Crippen MR) is 79.6 cm³/mol. The maximum atomic E-state index is 9.27. The first kappa shape index (κ1) is 13.4. The lowest BCUT2D eigenvalue weighted by Gasteiger charge is -2.16. The van der Waals surface area contributed by atoms with Crippen molar-refractivity contribution in [3.8, 4) is 6.07 Å². The van der Waals surface area contributed by atoms with E-state index in [4.69, 9.17) is 0 Å². The Kier molecular flexibility index (Phi) is 3.62. The van der Waals surface area contributed by atoms with Crippen molar-refractivity contribution in [3.05, 3.63) is 22.9 Å². The summed E-state index contributed by atoms with van der Waals surface area (Å²) in [7, 11) is 0. The molecule has 2 fully saturated rings. The normalized spacial score (nSPS) is 22.8. The van der Waals surface area contributed by atoms with E-state index in [0.29, 0.717) is 11.5 Å². The van der Waals surface area contributed by atoms with Gasteiger partial charge in [0.2, 0.25) is 0 Å². The van der Waals surface area contributed by atoms with Gasteiger partial charge in [-0.2, -0.15) is 5.26 Å². The smallest absolute Gasteiger partial charge is 0.144 e. The van der Waals surface area contributed by atoms with Crippen molar-refractivity contribution < 1.29 is 0 Å². The van der Waals surface area contributed by atoms with Gasteiger partial charge in [-0.15, -0.1) is 0 Å². The van der Waals surface area contributed by atoms with E-state index in [9.17, 15) is 5.26 Å². The number of nitrogens with zero attached hydrogens (tertiary/aromatic N) is 3. The summed E-state index contributed by atoms with van der Waals surface area (Å²) in [5.41, 5.74) is 2.66. The molecule has 1 aliphatic heterocycles. The number of anilines is 1. The summed E-state index contributed by atoms with van der Waals surface area (Å²) in [5, 5.41) is 12.7. The predicted octanol–water partition coefficient (Wildman–Crippen LogP) is 2.47. The third kappa shape index (κ3) is 2.78. The van der Waals surface area contributed by atoms with E-state index in [2.05, 4.69) is 21.3 Å². The number of rotatable bonds is 4. The van der Waals surface area contributed by atoms with E-state index in [-0.39, 0.29) is 0 Å². The standard InChI is InChI=1S/C16H22N4/c1-11-7-12(2)19-16(15(11)8-17)18-9-13-5-6-20(10-13)14-3-4-14/h7,13-14H,3-6,9-10H2,1-2H3,(H,18,19). The van der Waals surface area contributed by atoms with Crippen LogP contribution < -0.4 is 5.32 Å². The van der Waals surface area contributed by atoms with Crippen molar-refractivity contribution in [2.45, 2.75) is 39.2 Å². The van der Waals surface area contributed by atoms with Crippen LogP contribution in [0.15, 0.2) is 6.07 Å². The third-order valence-electron chi connectivity index (χ3n) is 4.40. The fourth-order valence-corrected chi connectivity index (χ4v) is 3.15. The Hall–Kier alpha value is -1.60. The van der Waals surface area contributed by atoms with E-state index in [1.807, 2.05) is 19.9 Å². The largest absolute Gasteiger partial charge is 0.369 e. The Morgan fingerprint density at radius 3 is 2.90 bits per heavy atom. The molecule has 1 unspecified atom stereocenters. The molecule has 106 valence electrons. The van der Waals surface area contributed by atoms with Crippen molar-refractivity contribution in [1.82, 2.24) is 9.88 Å². The van der Waals surface area contributed by atoms with Gasteiger partial charge in [-0.05, 0) is 57.2 Å². The second kappa shape index (κ2) is 5.41. The molecule has 1 N–H and O–H groups in total. The molecule has 2 heterocycles. The number of aromatic nitrogens is 1. The first-order chi connectivity index (χ1) is 9.67.